The minimum atomic E-state index is -3.25. The number of hydrogen-bond acceptors (Lipinski definition) is 5. The Hall–Kier alpha value is -2.88. The van der Waals surface area contributed by atoms with Gasteiger partial charge in [0.15, 0.2) is 0 Å². The van der Waals surface area contributed by atoms with Crippen molar-refractivity contribution in [1.29, 1.82) is 0 Å². The SMILES string of the molecule is CC.O=C(NNC(=O)C(F)F)c1cnc(NC2(c3ccc(F)c(Cl)c3)CCC2)nc1. The Kier molecular flexibility index (Phi) is 7.99. The van der Waals surface area contributed by atoms with Crippen molar-refractivity contribution in [2.45, 2.75) is 45.1 Å². The number of nitrogens with one attached hydrogen (secondary N) is 3. The molecule has 30 heavy (non-hydrogen) atoms. The van der Waals surface area contributed by atoms with Crippen LogP contribution < -0.4 is 16.2 Å². The summed E-state index contributed by atoms with van der Waals surface area (Å²) in [6.07, 6.45) is 1.60. The van der Waals surface area contributed by atoms with E-state index < -0.39 is 29.6 Å². The second-order valence-electron chi connectivity index (χ2n) is 6.23. The fourth-order valence-corrected chi connectivity index (χ4v) is 2.96. The van der Waals surface area contributed by atoms with Gasteiger partial charge in [0.05, 0.1) is 16.1 Å². The number of carbonyl (C=O) groups excluding carboxylic acids is 2. The maximum atomic E-state index is 13.4. The molecule has 11 heteroatoms. The molecule has 162 valence electrons. The third-order valence-electron chi connectivity index (χ3n) is 4.44. The number of aromatic nitrogens is 2. The predicted octanol–water partition coefficient (Wildman–Crippen LogP) is 3.81. The Balaban J connectivity index is 0.00000155. The normalized spacial score (nSPS) is 14.1. The fraction of sp³-hybridized carbons (Fsp3) is 0.368. The monoisotopic (exact) mass is 443 g/mol. The first-order chi connectivity index (χ1) is 14.3. The van der Waals surface area contributed by atoms with Crippen molar-refractivity contribution >= 4 is 29.4 Å². The fourth-order valence-electron chi connectivity index (χ4n) is 2.78. The molecular formula is C19H21ClF3N5O2. The van der Waals surface area contributed by atoms with Crippen LogP contribution in [0.25, 0.3) is 0 Å². The van der Waals surface area contributed by atoms with Gasteiger partial charge in [-0.15, -0.1) is 0 Å². The molecule has 1 fully saturated rings. The molecule has 0 spiro atoms. The Morgan fingerprint density at radius 1 is 1.13 bits per heavy atom. The van der Waals surface area contributed by atoms with Crippen LogP contribution in [0.5, 0.6) is 0 Å². The number of nitrogens with zero attached hydrogens (tertiary/aromatic N) is 2. The first kappa shape index (κ1) is 23.4. The number of hydrogen-bond donors (Lipinski definition) is 3. The Bertz CT molecular complexity index is 892. The Labute approximate surface area is 176 Å². The molecule has 1 aliphatic carbocycles. The molecule has 1 aliphatic rings. The highest BCUT2D eigenvalue weighted by Gasteiger charge is 2.39. The zero-order valence-electron chi connectivity index (χ0n) is 16.3. The summed E-state index contributed by atoms with van der Waals surface area (Å²) in [5.41, 5.74) is 3.69. The van der Waals surface area contributed by atoms with Gasteiger partial charge in [0, 0.05) is 12.4 Å². The number of rotatable bonds is 5. The van der Waals surface area contributed by atoms with Crippen LogP contribution in [0.3, 0.4) is 0 Å². The van der Waals surface area contributed by atoms with Crippen LogP contribution in [0.2, 0.25) is 5.02 Å². The first-order valence-corrected chi connectivity index (χ1v) is 9.63. The quantitative estimate of drug-likeness (QED) is 0.611. The number of anilines is 1. The topological polar surface area (TPSA) is 96.0 Å². The molecule has 7 nitrogen and oxygen atoms in total. The van der Waals surface area contributed by atoms with Gasteiger partial charge in [-0.05, 0) is 37.0 Å². The summed E-state index contributed by atoms with van der Waals surface area (Å²) in [5, 5.41) is 3.20. The molecule has 0 bridgehead atoms. The largest absolute Gasteiger partial charge is 0.345 e. The van der Waals surface area contributed by atoms with E-state index in [1.54, 1.807) is 17.6 Å². The lowest BCUT2D eigenvalue weighted by Crippen LogP contribution is -2.44. The summed E-state index contributed by atoms with van der Waals surface area (Å²) < 4.78 is 37.6. The summed E-state index contributed by atoms with van der Waals surface area (Å²) in [6.45, 7) is 4.00. The molecule has 1 saturated carbocycles. The van der Waals surface area contributed by atoms with Crippen molar-refractivity contribution in [3.63, 3.8) is 0 Å². The summed E-state index contributed by atoms with van der Waals surface area (Å²) >= 11 is 5.88. The lowest BCUT2D eigenvalue weighted by atomic mass is 9.72. The smallest absolute Gasteiger partial charge is 0.317 e. The highest BCUT2D eigenvalue weighted by molar-refractivity contribution is 6.30. The maximum absolute atomic E-state index is 13.4. The average Bonchev–Trinajstić information content (AvgIpc) is 2.72. The van der Waals surface area contributed by atoms with Crippen molar-refractivity contribution in [2.24, 2.45) is 0 Å². The van der Waals surface area contributed by atoms with E-state index in [2.05, 4.69) is 15.3 Å². The number of halogens is 4. The molecule has 0 atom stereocenters. The van der Waals surface area contributed by atoms with Gasteiger partial charge in [-0.1, -0.05) is 31.5 Å². The van der Waals surface area contributed by atoms with Crippen molar-refractivity contribution in [1.82, 2.24) is 20.8 Å². The number of hydrazine groups is 1. The van der Waals surface area contributed by atoms with Crippen LogP contribution in [0, 0.1) is 5.82 Å². The molecule has 0 radical (unpaired) electrons. The highest BCUT2D eigenvalue weighted by Crippen LogP contribution is 2.44. The van der Waals surface area contributed by atoms with Crippen LogP contribution in [0.1, 0.15) is 49.0 Å². The summed E-state index contributed by atoms with van der Waals surface area (Å²) in [4.78, 5) is 30.7. The number of carbonyl (C=O) groups is 2. The zero-order chi connectivity index (χ0) is 22.3. The Morgan fingerprint density at radius 3 is 2.27 bits per heavy atom. The van der Waals surface area contributed by atoms with Crippen molar-refractivity contribution in [3.8, 4) is 0 Å². The van der Waals surface area contributed by atoms with Crippen molar-refractivity contribution in [3.05, 3.63) is 52.6 Å². The van der Waals surface area contributed by atoms with E-state index >= 15 is 0 Å². The van der Waals surface area contributed by atoms with Gasteiger partial charge in [-0.25, -0.2) is 14.4 Å². The summed E-state index contributed by atoms with van der Waals surface area (Å²) in [7, 11) is 0. The second-order valence-corrected chi connectivity index (χ2v) is 6.64. The third kappa shape index (κ3) is 5.38. The van der Waals surface area contributed by atoms with Crippen LogP contribution in [0.15, 0.2) is 30.6 Å². The van der Waals surface area contributed by atoms with E-state index in [1.807, 2.05) is 19.3 Å². The molecule has 1 aromatic heterocycles. The molecule has 3 rings (SSSR count). The lowest BCUT2D eigenvalue weighted by Gasteiger charge is -2.43. The maximum Gasteiger partial charge on any atom is 0.317 e. The number of amides is 2. The van der Waals surface area contributed by atoms with Gasteiger partial charge in [-0.2, -0.15) is 8.78 Å². The van der Waals surface area contributed by atoms with Gasteiger partial charge in [0.2, 0.25) is 5.95 Å². The van der Waals surface area contributed by atoms with E-state index in [-0.39, 0.29) is 16.5 Å². The van der Waals surface area contributed by atoms with E-state index in [0.29, 0.717) is 0 Å². The van der Waals surface area contributed by atoms with Crippen molar-refractivity contribution in [2.75, 3.05) is 5.32 Å². The lowest BCUT2D eigenvalue weighted by molar-refractivity contribution is -0.132. The van der Waals surface area contributed by atoms with Gasteiger partial charge < -0.3 is 5.32 Å². The highest BCUT2D eigenvalue weighted by atomic mass is 35.5. The molecule has 1 aromatic carbocycles. The molecule has 3 N–H and O–H groups in total. The summed E-state index contributed by atoms with van der Waals surface area (Å²) in [5.74, 6) is -2.75. The minimum absolute atomic E-state index is 0.0179. The van der Waals surface area contributed by atoms with E-state index in [4.69, 9.17) is 11.6 Å². The molecule has 1 heterocycles. The van der Waals surface area contributed by atoms with Gasteiger partial charge in [-0.3, -0.25) is 20.4 Å². The third-order valence-corrected chi connectivity index (χ3v) is 4.73. The minimum Gasteiger partial charge on any atom is -0.345 e. The second kappa shape index (κ2) is 10.2. The molecular weight excluding hydrogens is 423 g/mol. The molecule has 2 amide bonds. The zero-order valence-corrected chi connectivity index (χ0v) is 17.1. The summed E-state index contributed by atoms with van der Waals surface area (Å²) in [6, 6.07) is 4.48. The van der Waals surface area contributed by atoms with E-state index in [1.165, 1.54) is 18.5 Å². The van der Waals surface area contributed by atoms with Crippen LogP contribution in [0.4, 0.5) is 19.1 Å². The standard InChI is InChI=1S/C17H15ClF3N5O2.C2H6/c18-11-6-10(2-3-12(11)19)17(4-1-5-17)24-16-22-7-9(8-23-16)14(27)25-26-15(28)13(20)21;1-2/h2-3,6-8,13H,1,4-5H2,(H,25,27)(H,26,28)(H,22,23,24);1-2H3. The van der Waals surface area contributed by atoms with Crippen LogP contribution >= 0.6 is 11.6 Å². The van der Waals surface area contributed by atoms with E-state index in [9.17, 15) is 22.8 Å². The van der Waals surface area contributed by atoms with Crippen LogP contribution in [-0.4, -0.2) is 28.2 Å². The van der Waals surface area contributed by atoms with E-state index in [0.717, 1.165) is 24.8 Å². The molecule has 2 aromatic rings. The van der Waals surface area contributed by atoms with Crippen LogP contribution in [-0.2, 0) is 10.3 Å². The molecule has 0 unspecified atom stereocenters. The molecule has 0 aliphatic heterocycles. The average molecular weight is 444 g/mol. The van der Waals surface area contributed by atoms with Crippen molar-refractivity contribution < 1.29 is 22.8 Å². The number of benzene rings is 1. The van der Waals surface area contributed by atoms with Gasteiger partial charge in [0.1, 0.15) is 5.82 Å². The number of alkyl halides is 2. The Morgan fingerprint density at radius 2 is 1.77 bits per heavy atom. The van der Waals surface area contributed by atoms with Gasteiger partial charge in [0.25, 0.3) is 5.91 Å². The molecule has 0 saturated heterocycles. The van der Waals surface area contributed by atoms with Gasteiger partial charge >= 0.3 is 12.3 Å². The first-order valence-electron chi connectivity index (χ1n) is 9.25. The predicted molar refractivity (Wildman–Crippen MR) is 106 cm³/mol.